The smallest absolute Gasteiger partial charge is 0.407 e. The van der Waals surface area contributed by atoms with Crippen LogP contribution in [-0.2, 0) is 25.5 Å². The zero-order valence-electron chi connectivity index (χ0n) is 20.0. The van der Waals surface area contributed by atoms with Gasteiger partial charge < -0.3 is 20.1 Å². The number of ether oxygens (including phenoxy) is 1. The second-order valence-corrected chi connectivity index (χ2v) is 11.1. The van der Waals surface area contributed by atoms with E-state index in [1.54, 1.807) is 36.4 Å². The molecule has 1 aromatic carbocycles. The largest absolute Gasteiger partial charge is 0.480 e. The second-order valence-electron chi connectivity index (χ2n) is 8.69. The SMILES string of the molecule is CC(C)CC(CP(=O)(O)CNC(=O)OCc1ccccc1)C(=O)N(c1cccnc1)[C@@H](C)C(=O)O. The third-order valence-corrected chi connectivity index (χ3v) is 6.86. The van der Waals surface area contributed by atoms with E-state index < -0.39 is 49.7 Å². The first-order valence-corrected chi connectivity index (χ1v) is 13.2. The number of carboxylic acids is 1. The molecule has 2 aromatic rings. The van der Waals surface area contributed by atoms with E-state index in [4.69, 9.17) is 4.74 Å². The number of carboxylic acid groups (broad SMARTS) is 1. The summed E-state index contributed by atoms with van der Waals surface area (Å²) in [6.07, 6.45) is 1.26. The summed E-state index contributed by atoms with van der Waals surface area (Å²) < 4.78 is 18.0. The number of hydrogen-bond donors (Lipinski definition) is 3. The van der Waals surface area contributed by atoms with E-state index in [-0.39, 0.29) is 24.6 Å². The summed E-state index contributed by atoms with van der Waals surface area (Å²) in [5.41, 5.74) is 1.04. The lowest BCUT2D eigenvalue weighted by atomic mass is 9.96. The van der Waals surface area contributed by atoms with Crippen molar-refractivity contribution >= 4 is 31.0 Å². The number of amides is 2. The Labute approximate surface area is 204 Å². The van der Waals surface area contributed by atoms with Gasteiger partial charge >= 0.3 is 12.1 Å². The number of nitrogens with zero attached hydrogens (tertiary/aromatic N) is 2. The van der Waals surface area contributed by atoms with Gasteiger partial charge in [-0.15, -0.1) is 0 Å². The Bertz CT molecular complexity index is 1030. The highest BCUT2D eigenvalue weighted by molar-refractivity contribution is 7.58. The van der Waals surface area contributed by atoms with Gasteiger partial charge in [-0.1, -0.05) is 44.2 Å². The Balaban J connectivity index is 2.11. The summed E-state index contributed by atoms with van der Waals surface area (Å²) in [4.78, 5) is 52.8. The topological polar surface area (TPSA) is 146 Å². The van der Waals surface area contributed by atoms with Gasteiger partial charge in [-0.2, -0.15) is 0 Å². The van der Waals surface area contributed by atoms with E-state index in [0.717, 1.165) is 10.5 Å². The van der Waals surface area contributed by atoms with E-state index in [9.17, 15) is 28.9 Å². The number of hydrogen-bond acceptors (Lipinski definition) is 6. The number of anilines is 1. The van der Waals surface area contributed by atoms with Gasteiger partial charge in [-0.3, -0.25) is 19.2 Å². The molecule has 2 rings (SSSR count). The first kappa shape index (κ1) is 28.0. The summed E-state index contributed by atoms with van der Waals surface area (Å²) in [6.45, 7) is 5.08. The highest BCUT2D eigenvalue weighted by atomic mass is 31.2. The molecule has 10 nitrogen and oxygen atoms in total. The molecule has 0 fully saturated rings. The van der Waals surface area contributed by atoms with Crippen molar-refractivity contribution in [1.29, 1.82) is 0 Å². The third kappa shape index (κ3) is 9.15. The highest BCUT2D eigenvalue weighted by Crippen LogP contribution is 2.43. The third-order valence-electron chi connectivity index (χ3n) is 5.20. The van der Waals surface area contributed by atoms with E-state index in [1.165, 1.54) is 19.3 Å². The molecule has 190 valence electrons. The molecule has 2 amide bonds. The molecule has 1 heterocycles. The standard InChI is InChI=1S/C24H32N3O7P/c1-17(2)12-20(22(28)27(18(3)23(29)30)21-10-7-11-25-13-21)15-35(32,33)16-26-24(31)34-14-19-8-5-4-6-9-19/h4-11,13,17-18,20H,12,14-16H2,1-3H3,(H,26,31)(H,29,30)(H,32,33)/t18-,20?/m0/s1. The number of rotatable bonds is 12. The van der Waals surface area contributed by atoms with Crippen LogP contribution in [0, 0.1) is 11.8 Å². The first-order valence-electron chi connectivity index (χ1n) is 11.2. The fourth-order valence-electron chi connectivity index (χ4n) is 3.54. The minimum atomic E-state index is -4.02. The molecule has 0 saturated carbocycles. The molecule has 11 heteroatoms. The quantitative estimate of drug-likeness (QED) is 0.370. The van der Waals surface area contributed by atoms with E-state index >= 15 is 0 Å². The van der Waals surface area contributed by atoms with Crippen LogP contribution in [0.2, 0.25) is 0 Å². The average Bonchev–Trinajstić information content (AvgIpc) is 2.82. The van der Waals surface area contributed by atoms with Crippen LogP contribution in [0.5, 0.6) is 0 Å². The molecule has 0 spiro atoms. The predicted octanol–water partition coefficient (Wildman–Crippen LogP) is 3.70. The van der Waals surface area contributed by atoms with Crippen molar-refractivity contribution in [3.8, 4) is 0 Å². The molecule has 1 aromatic heterocycles. The maximum Gasteiger partial charge on any atom is 0.407 e. The van der Waals surface area contributed by atoms with Gasteiger partial charge in [0.05, 0.1) is 18.2 Å². The minimum Gasteiger partial charge on any atom is -0.480 e. The monoisotopic (exact) mass is 505 g/mol. The molecule has 2 unspecified atom stereocenters. The van der Waals surface area contributed by atoms with Crippen molar-refractivity contribution in [2.75, 3.05) is 17.3 Å². The number of carbonyl (C=O) groups excluding carboxylic acids is 2. The summed E-state index contributed by atoms with van der Waals surface area (Å²) >= 11 is 0. The van der Waals surface area contributed by atoms with Crippen LogP contribution in [-0.4, -0.2) is 51.4 Å². The number of pyridine rings is 1. The molecule has 0 saturated heterocycles. The fraction of sp³-hybridized carbons (Fsp3) is 0.417. The van der Waals surface area contributed by atoms with Gasteiger partial charge in [0.25, 0.3) is 0 Å². The number of carbonyl (C=O) groups is 3. The summed E-state index contributed by atoms with van der Waals surface area (Å²) in [6, 6.07) is 10.9. The number of aliphatic carboxylic acids is 1. The Hall–Kier alpha value is -3.23. The highest BCUT2D eigenvalue weighted by Gasteiger charge is 2.36. The van der Waals surface area contributed by atoms with E-state index in [0.29, 0.717) is 0 Å². The van der Waals surface area contributed by atoms with Gasteiger partial charge in [-0.25, -0.2) is 9.59 Å². The second kappa shape index (κ2) is 13.0. The van der Waals surface area contributed by atoms with Crippen molar-refractivity contribution in [2.45, 2.75) is 39.8 Å². The normalized spacial score (nSPS) is 14.4. The Morgan fingerprint density at radius 1 is 1.11 bits per heavy atom. The average molecular weight is 506 g/mol. The zero-order valence-corrected chi connectivity index (χ0v) is 20.9. The Morgan fingerprint density at radius 3 is 2.37 bits per heavy atom. The molecule has 0 bridgehead atoms. The van der Waals surface area contributed by atoms with Crippen LogP contribution in [0.4, 0.5) is 10.5 Å². The first-order chi connectivity index (χ1) is 16.5. The lowest BCUT2D eigenvalue weighted by Gasteiger charge is -2.31. The predicted molar refractivity (Wildman–Crippen MR) is 131 cm³/mol. The van der Waals surface area contributed by atoms with Crippen LogP contribution in [0.15, 0.2) is 54.9 Å². The number of nitrogens with one attached hydrogen (secondary N) is 1. The molecule has 0 aliphatic heterocycles. The van der Waals surface area contributed by atoms with Crippen molar-refractivity contribution in [1.82, 2.24) is 10.3 Å². The molecule has 3 atom stereocenters. The lowest BCUT2D eigenvalue weighted by Crippen LogP contribution is -2.47. The van der Waals surface area contributed by atoms with Crippen LogP contribution in [0.3, 0.4) is 0 Å². The molecular formula is C24H32N3O7P. The molecule has 35 heavy (non-hydrogen) atoms. The lowest BCUT2D eigenvalue weighted by molar-refractivity contribution is -0.140. The van der Waals surface area contributed by atoms with Crippen molar-refractivity contribution < 1.29 is 33.7 Å². The molecule has 3 N–H and O–H groups in total. The van der Waals surface area contributed by atoms with Gasteiger partial charge in [0.1, 0.15) is 12.6 Å². The van der Waals surface area contributed by atoms with Crippen LogP contribution in [0.25, 0.3) is 0 Å². The van der Waals surface area contributed by atoms with Gasteiger partial charge in [-0.05, 0) is 37.0 Å². The van der Waals surface area contributed by atoms with Gasteiger partial charge in [0.15, 0.2) is 0 Å². The maximum atomic E-state index is 13.5. The fourth-order valence-corrected chi connectivity index (χ4v) is 5.04. The van der Waals surface area contributed by atoms with Crippen molar-refractivity contribution in [3.63, 3.8) is 0 Å². The molecular weight excluding hydrogens is 473 g/mol. The number of benzene rings is 1. The minimum absolute atomic E-state index is 0.00398. The zero-order chi connectivity index (χ0) is 26.0. The summed E-state index contributed by atoms with van der Waals surface area (Å²) in [5, 5.41) is 11.8. The Morgan fingerprint density at radius 2 is 1.80 bits per heavy atom. The van der Waals surface area contributed by atoms with Gasteiger partial charge in [0.2, 0.25) is 13.3 Å². The van der Waals surface area contributed by atoms with Crippen LogP contribution >= 0.6 is 7.37 Å². The molecule has 0 aliphatic rings. The number of aromatic nitrogens is 1. The van der Waals surface area contributed by atoms with Crippen molar-refractivity contribution in [2.24, 2.45) is 11.8 Å². The maximum absolute atomic E-state index is 13.5. The van der Waals surface area contributed by atoms with Crippen LogP contribution < -0.4 is 10.2 Å². The van der Waals surface area contributed by atoms with Crippen LogP contribution in [0.1, 0.15) is 32.8 Å². The Kier molecular flexibility index (Phi) is 10.4. The summed E-state index contributed by atoms with van der Waals surface area (Å²) in [7, 11) is -4.02. The summed E-state index contributed by atoms with van der Waals surface area (Å²) in [5.74, 6) is -2.78. The number of alkyl carbamates (subject to hydrolysis) is 1. The van der Waals surface area contributed by atoms with Crippen molar-refractivity contribution in [3.05, 3.63) is 60.4 Å². The molecule has 0 aliphatic carbocycles. The van der Waals surface area contributed by atoms with E-state index in [2.05, 4.69) is 10.3 Å². The molecule has 0 radical (unpaired) electrons. The van der Waals surface area contributed by atoms with E-state index in [1.807, 2.05) is 19.9 Å². The van der Waals surface area contributed by atoms with Gasteiger partial charge in [0, 0.05) is 18.3 Å².